The summed E-state index contributed by atoms with van der Waals surface area (Å²) >= 11 is 6.13. The summed E-state index contributed by atoms with van der Waals surface area (Å²) in [6.45, 7) is 3.61. The molecule has 0 N–H and O–H groups in total. The van der Waals surface area contributed by atoms with E-state index >= 15 is 0 Å². The fourth-order valence-electron chi connectivity index (χ4n) is 2.82. The van der Waals surface area contributed by atoms with Crippen molar-refractivity contribution in [1.29, 1.82) is 0 Å². The highest BCUT2D eigenvalue weighted by Gasteiger charge is 2.36. The van der Waals surface area contributed by atoms with Crippen molar-refractivity contribution in [3.05, 3.63) is 58.6 Å². The predicted molar refractivity (Wildman–Crippen MR) is 98.7 cm³/mol. The number of anilines is 1. The quantitative estimate of drug-likeness (QED) is 0.465. The van der Waals surface area contributed by atoms with Crippen LogP contribution in [-0.2, 0) is 9.59 Å². The number of esters is 1. The highest BCUT2D eigenvalue weighted by atomic mass is 35.5. The van der Waals surface area contributed by atoms with Crippen molar-refractivity contribution < 1.29 is 19.1 Å². The van der Waals surface area contributed by atoms with Crippen molar-refractivity contribution in [3.63, 3.8) is 0 Å². The van der Waals surface area contributed by atoms with Crippen LogP contribution >= 0.6 is 11.6 Å². The zero-order valence-electron chi connectivity index (χ0n) is 14.5. The van der Waals surface area contributed by atoms with E-state index in [0.717, 1.165) is 5.56 Å². The second-order valence-corrected chi connectivity index (χ2v) is 6.75. The number of ether oxygens (including phenoxy) is 1. The zero-order valence-corrected chi connectivity index (χ0v) is 15.2. The first-order valence-electron chi connectivity index (χ1n) is 8.24. The number of amides is 1. The molecule has 0 radical (unpaired) electrons. The number of aryl methyl sites for hydroxylation is 1. The van der Waals surface area contributed by atoms with Gasteiger partial charge in [0.05, 0.1) is 5.92 Å². The van der Waals surface area contributed by atoms with Gasteiger partial charge in [-0.15, -0.1) is 0 Å². The molecule has 134 valence electrons. The molecule has 2 aromatic rings. The number of halogens is 1. The monoisotopic (exact) mass is 371 g/mol. The van der Waals surface area contributed by atoms with Gasteiger partial charge in [-0.1, -0.05) is 17.7 Å². The Balaban J connectivity index is 1.68. The molecule has 0 aliphatic carbocycles. The van der Waals surface area contributed by atoms with Gasteiger partial charge in [-0.3, -0.25) is 14.4 Å². The number of hydrogen-bond acceptors (Lipinski definition) is 4. The van der Waals surface area contributed by atoms with Gasteiger partial charge < -0.3 is 9.64 Å². The third-order valence-corrected chi connectivity index (χ3v) is 4.81. The summed E-state index contributed by atoms with van der Waals surface area (Å²) in [5.74, 6) is -0.857. The molecule has 3 rings (SSSR count). The fourth-order valence-corrected chi connectivity index (χ4v) is 3.00. The Morgan fingerprint density at radius 3 is 2.46 bits per heavy atom. The van der Waals surface area contributed by atoms with Crippen LogP contribution in [0.2, 0.25) is 5.02 Å². The van der Waals surface area contributed by atoms with Crippen molar-refractivity contribution >= 4 is 34.9 Å². The molecule has 5 nitrogen and oxygen atoms in total. The fraction of sp³-hybridized carbons (Fsp3) is 0.250. The third kappa shape index (κ3) is 3.78. The Hall–Kier alpha value is -2.66. The Labute approximate surface area is 156 Å². The van der Waals surface area contributed by atoms with Crippen molar-refractivity contribution in [3.8, 4) is 5.75 Å². The van der Waals surface area contributed by atoms with Gasteiger partial charge in [-0.25, -0.2) is 0 Å². The average Bonchev–Trinajstić information content (AvgIpc) is 3.00. The number of benzene rings is 2. The molecule has 2 aromatic carbocycles. The summed E-state index contributed by atoms with van der Waals surface area (Å²) in [6.07, 6.45) is 0.0931. The minimum atomic E-state index is -0.546. The van der Waals surface area contributed by atoms with Crippen LogP contribution in [0.4, 0.5) is 5.69 Å². The Morgan fingerprint density at radius 1 is 1.15 bits per heavy atom. The maximum Gasteiger partial charge on any atom is 0.316 e. The largest absolute Gasteiger partial charge is 0.426 e. The molecule has 0 spiro atoms. The normalized spacial score (nSPS) is 16.7. The number of Topliss-reactive ketones (excluding diaryl/α,β-unsaturated/α-hetero) is 1. The summed E-state index contributed by atoms with van der Waals surface area (Å²) in [6, 6.07) is 11.7. The highest BCUT2D eigenvalue weighted by Crippen LogP contribution is 2.29. The second kappa shape index (κ2) is 7.30. The van der Waals surface area contributed by atoms with Gasteiger partial charge in [0.25, 0.3) is 0 Å². The number of rotatable bonds is 4. The lowest BCUT2D eigenvalue weighted by atomic mass is 10.1. The average molecular weight is 372 g/mol. The number of carbonyl (C=O) groups excluding carboxylic acids is 3. The number of carbonyl (C=O) groups is 3. The van der Waals surface area contributed by atoms with Crippen LogP contribution in [0.25, 0.3) is 0 Å². The third-order valence-electron chi connectivity index (χ3n) is 4.40. The first kappa shape index (κ1) is 18.1. The molecule has 0 saturated carbocycles. The zero-order chi connectivity index (χ0) is 18.8. The summed E-state index contributed by atoms with van der Waals surface area (Å²) in [7, 11) is 0. The molecule has 1 atom stereocenters. The van der Waals surface area contributed by atoms with Crippen LogP contribution in [0.15, 0.2) is 42.5 Å². The van der Waals surface area contributed by atoms with Crippen LogP contribution in [0, 0.1) is 12.8 Å². The number of ketones is 1. The van der Waals surface area contributed by atoms with Crippen molar-refractivity contribution in [2.75, 3.05) is 11.4 Å². The van der Waals surface area contributed by atoms with Crippen molar-refractivity contribution in [1.82, 2.24) is 0 Å². The second-order valence-electron chi connectivity index (χ2n) is 6.34. The van der Waals surface area contributed by atoms with Gasteiger partial charge >= 0.3 is 5.97 Å². The molecule has 1 aliphatic rings. The standard InChI is InChI=1S/C20H18ClNO4/c1-12-3-6-16(10-18(12)21)22-11-15(9-19(22)24)20(25)26-17-7-4-14(5-8-17)13(2)23/h3-8,10,15H,9,11H2,1-2H3/t15-/m1/s1. The highest BCUT2D eigenvalue weighted by molar-refractivity contribution is 6.31. The number of hydrogen-bond donors (Lipinski definition) is 0. The molecule has 1 heterocycles. The molecule has 1 saturated heterocycles. The van der Waals surface area contributed by atoms with E-state index in [1.54, 1.807) is 35.2 Å². The Kier molecular flexibility index (Phi) is 5.09. The summed E-state index contributed by atoms with van der Waals surface area (Å²) in [5.41, 5.74) is 2.14. The minimum Gasteiger partial charge on any atom is -0.426 e. The molecule has 1 aliphatic heterocycles. The molecule has 6 heteroatoms. The molecule has 1 fully saturated rings. The lowest BCUT2D eigenvalue weighted by Gasteiger charge is -2.17. The summed E-state index contributed by atoms with van der Waals surface area (Å²) in [4.78, 5) is 37.5. The van der Waals surface area contributed by atoms with Gasteiger partial charge in [0.2, 0.25) is 5.91 Å². The molecular weight excluding hydrogens is 354 g/mol. The van der Waals surface area contributed by atoms with Gasteiger partial charge in [-0.2, -0.15) is 0 Å². The Morgan fingerprint density at radius 2 is 1.85 bits per heavy atom. The predicted octanol–water partition coefficient (Wildman–Crippen LogP) is 3.81. The van der Waals surface area contributed by atoms with E-state index in [4.69, 9.17) is 16.3 Å². The van der Waals surface area contributed by atoms with Gasteiger partial charge in [0, 0.05) is 29.2 Å². The van der Waals surface area contributed by atoms with E-state index in [1.807, 2.05) is 19.1 Å². The SMILES string of the molecule is CC(=O)c1ccc(OC(=O)[C@@H]2CC(=O)N(c3ccc(C)c(Cl)c3)C2)cc1. The van der Waals surface area contributed by atoms with E-state index in [2.05, 4.69) is 0 Å². The maximum atomic E-state index is 12.4. The van der Waals surface area contributed by atoms with Gasteiger partial charge in [0.15, 0.2) is 5.78 Å². The number of nitrogens with zero attached hydrogens (tertiary/aromatic N) is 1. The van der Waals surface area contributed by atoms with E-state index in [-0.39, 0.29) is 24.7 Å². The molecule has 0 aromatic heterocycles. The molecule has 26 heavy (non-hydrogen) atoms. The minimum absolute atomic E-state index is 0.0586. The summed E-state index contributed by atoms with van der Waals surface area (Å²) < 4.78 is 5.35. The van der Waals surface area contributed by atoms with Gasteiger partial charge in [-0.05, 0) is 55.8 Å². The van der Waals surface area contributed by atoms with E-state index in [0.29, 0.717) is 22.0 Å². The lowest BCUT2D eigenvalue weighted by molar-refractivity contribution is -0.139. The van der Waals surface area contributed by atoms with Crippen LogP contribution in [-0.4, -0.2) is 24.2 Å². The lowest BCUT2D eigenvalue weighted by Crippen LogP contribution is -2.27. The first-order chi connectivity index (χ1) is 12.3. The molecule has 1 amide bonds. The Bertz CT molecular complexity index is 876. The maximum absolute atomic E-state index is 12.4. The van der Waals surface area contributed by atoms with Crippen LogP contribution in [0.1, 0.15) is 29.3 Å². The summed E-state index contributed by atoms with van der Waals surface area (Å²) in [5, 5.41) is 0.576. The van der Waals surface area contributed by atoms with E-state index in [9.17, 15) is 14.4 Å². The van der Waals surface area contributed by atoms with Crippen molar-refractivity contribution in [2.45, 2.75) is 20.3 Å². The molecule has 0 bridgehead atoms. The van der Waals surface area contributed by atoms with Gasteiger partial charge in [0.1, 0.15) is 5.75 Å². The van der Waals surface area contributed by atoms with E-state index < -0.39 is 11.9 Å². The topological polar surface area (TPSA) is 63.7 Å². The van der Waals surface area contributed by atoms with Crippen molar-refractivity contribution in [2.24, 2.45) is 5.92 Å². The van der Waals surface area contributed by atoms with E-state index in [1.165, 1.54) is 6.92 Å². The molecule has 0 unspecified atom stereocenters. The smallest absolute Gasteiger partial charge is 0.316 e. The first-order valence-corrected chi connectivity index (χ1v) is 8.62. The van der Waals surface area contributed by atoms with Crippen LogP contribution in [0.5, 0.6) is 5.75 Å². The molecular formula is C20H18ClNO4. The van der Waals surface area contributed by atoms with Crippen LogP contribution < -0.4 is 9.64 Å². The van der Waals surface area contributed by atoms with Crippen LogP contribution in [0.3, 0.4) is 0 Å².